The molecule has 0 nitrogen and oxygen atoms in total. The second-order valence-electron chi connectivity index (χ2n) is 4.82. The van der Waals surface area contributed by atoms with Crippen LogP contribution in [0.3, 0.4) is 0 Å². The fraction of sp³-hybridized carbons (Fsp3) is 1.00. The first-order chi connectivity index (χ1) is 6.85. The first kappa shape index (κ1) is 14.8. The van der Waals surface area contributed by atoms with Crippen LogP contribution in [0.25, 0.3) is 0 Å². The van der Waals surface area contributed by atoms with E-state index < -0.39 is 18.5 Å². The number of rotatable bonds is 7. The molecule has 0 rings (SSSR count). The van der Waals surface area contributed by atoms with E-state index >= 15 is 0 Å². The van der Waals surface area contributed by atoms with E-state index in [0.717, 1.165) is 12.8 Å². The highest BCUT2D eigenvalue weighted by Crippen LogP contribution is 2.35. The Bertz CT molecular complexity index is 166. The molecule has 0 heterocycles. The van der Waals surface area contributed by atoms with Crippen molar-refractivity contribution in [2.45, 2.75) is 52.9 Å². The van der Waals surface area contributed by atoms with E-state index in [2.05, 4.69) is 13.8 Å². The van der Waals surface area contributed by atoms with Gasteiger partial charge in [0.05, 0.1) is 0 Å². The Hall–Kier alpha value is -0.210. The fourth-order valence-corrected chi connectivity index (χ4v) is 1.82. The zero-order valence-corrected chi connectivity index (χ0v) is 10.2. The Morgan fingerprint density at radius 2 is 1.60 bits per heavy atom. The SMILES string of the molecule is CC[C@@H](CCC(C)C)[C@@H](C)C(F)(F)CF. The van der Waals surface area contributed by atoms with Crippen LogP contribution in [0, 0.1) is 17.8 Å². The molecule has 0 unspecified atom stereocenters. The number of hydrogen-bond acceptors (Lipinski definition) is 0. The van der Waals surface area contributed by atoms with Crippen molar-refractivity contribution >= 4 is 0 Å². The van der Waals surface area contributed by atoms with Gasteiger partial charge in [-0.2, -0.15) is 0 Å². The zero-order valence-electron chi connectivity index (χ0n) is 10.2. The van der Waals surface area contributed by atoms with Crippen LogP contribution in [-0.2, 0) is 0 Å². The zero-order chi connectivity index (χ0) is 12.1. The van der Waals surface area contributed by atoms with E-state index in [4.69, 9.17) is 0 Å². The summed E-state index contributed by atoms with van der Waals surface area (Å²) in [6, 6.07) is 0. The lowest BCUT2D eigenvalue weighted by atomic mass is 9.82. The molecule has 2 atom stereocenters. The molecule has 0 spiro atoms. The van der Waals surface area contributed by atoms with E-state index in [0.29, 0.717) is 12.3 Å². The van der Waals surface area contributed by atoms with Gasteiger partial charge in [-0.3, -0.25) is 0 Å². The van der Waals surface area contributed by atoms with E-state index in [9.17, 15) is 13.2 Å². The van der Waals surface area contributed by atoms with Crippen LogP contribution >= 0.6 is 0 Å². The minimum Gasteiger partial charge on any atom is -0.244 e. The topological polar surface area (TPSA) is 0 Å². The summed E-state index contributed by atoms with van der Waals surface area (Å²) in [7, 11) is 0. The van der Waals surface area contributed by atoms with Crippen LogP contribution in [0.4, 0.5) is 13.2 Å². The fourth-order valence-electron chi connectivity index (χ4n) is 1.82. The Morgan fingerprint density at radius 3 is 1.93 bits per heavy atom. The maximum absolute atomic E-state index is 13.1. The van der Waals surface area contributed by atoms with Crippen molar-refractivity contribution in [3.8, 4) is 0 Å². The van der Waals surface area contributed by atoms with Crippen molar-refractivity contribution in [1.82, 2.24) is 0 Å². The largest absolute Gasteiger partial charge is 0.278 e. The number of alkyl halides is 3. The summed E-state index contributed by atoms with van der Waals surface area (Å²) in [4.78, 5) is 0. The molecule has 0 aromatic carbocycles. The van der Waals surface area contributed by atoms with Gasteiger partial charge in [0, 0.05) is 5.92 Å². The Kier molecular flexibility index (Phi) is 6.30. The molecule has 0 fully saturated rings. The molecule has 3 heteroatoms. The summed E-state index contributed by atoms with van der Waals surface area (Å²) in [5.41, 5.74) is 0. The van der Waals surface area contributed by atoms with Gasteiger partial charge in [-0.05, 0) is 18.3 Å². The molecule has 0 aliphatic rings. The standard InChI is InChI=1S/C12H23F3/c1-5-11(7-6-9(2)3)10(4)12(14,15)8-13/h9-11H,5-8H2,1-4H3/t10-,11+/m1/s1. The van der Waals surface area contributed by atoms with Gasteiger partial charge in [-0.15, -0.1) is 0 Å². The molecule has 0 bridgehead atoms. The van der Waals surface area contributed by atoms with Gasteiger partial charge in [0.2, 0.25) is 0 Å². The Labute approximate surface area is 91.3 Å². The third kappa shape index (κ3) is 4.89. The maximum atomic E-state index is 13.1. The molecular weight excluding hydrogens is 201 g/mol. The second-order valence-corrected chi connectivity index (χ2v) is 4.82. The number of halogens is 3. The molecule has 92 valence electrons. The lowest BCUT2D eigenvalue weighted by molar-refractivity contribution is -0.0911. The summed E-state index contributed by atoms with van der Waals surface area (Å²) < 4.78 is 38.4. The first-order valence-corrected chi connectivity index (χ1v) is 5.78. The van der Waals surface area contributed by atoms with Crippen molar-refractivity contribution in [1.29, 1.82) is 0 Å². The molecule has 0 aromatic heterocycles. The van der Waals surface area contributed by atoms with Gasteiger partial charge < -0.3 is 0 Å². The molecule has 0 amide bonds. The monoisotopic (exact) mass is 224 g/mol. The lowest BCUT2D eigenvalue weighted by Gasteiger charge is -2.29. The second kappa shape index (κ2) is 6.39. The predicted octanol–water partition coefficient (Wildman–Crippen LogP) is 4.69. The normalized spacial score (nSPS) is 16.8. The van der Waals surface area contributed by atoms with Gasteiger partial charge in [0.15, 0.2) is 6.67 Å². The molecule has 0 saturated carbocycles. The maximum Gasteiger partial charge on any atom is 0.278 e. The van der Waals surface area contributed by atoms with E-state index in [-0.39, 0.29) is 5.92 Å². The average molecular weight is 224 g/mol. The van der Waals surface area contributed by atoms with Gasteiger partial charge in [-0.1, -0.05) is 40.5 Å². The average Bonchev–Trinajstić information content (AvgIpc) is 2.18. The summed E-state index contributed by atoms with van der Waals surface area (Å²) in [6.45, 7) is 5.98. The summed E-state index contributed by atoms with van der Waals surface area (Å²) >= 11 is 0. The van der Waals surface area contributed by atoms with Crippen LogP contribution in [0.15, 0.2) is 0 Å². The van der Waals surface area contributed by atoms with Gasteiger partial charge >= 0.3 is 0 Å². The number of hydrogen-bond donors (Lipinski definition) is 0. The summed E-state index contributed by atoms with van der Waals surface area (Å²) in [6.07, 6.45) is 2.40. The molecule has 0 N–H and O–H groups in total. The van der Waals surface area contributed by atoms with Crippen molar-refractivity contribution < 1.29 is 13.2 Å². The third-order valence-corrected chi connectivity index (χ3v) is 3.19. The van der Waals surface area contributed by atoms with Crippen LogP contribution < -0.4 is 0 Å². The molecular formula is C12H23F3. The smallest absolute Gasteiger partial charge is 0.244 e. The van der Waals surface area contributed by atoms with E-state index in [1.165, 1.54) is 6.92 Å². The van der Waals surface area contributed by atoms with Crippen LogP contribution in [0.1, 0.15) is 47.0 Å². The summed E-state index contributed by atoms with van der Waals surface area (Å²) in [5.74, 6) is -3.56. The quantitative estimate of drug-likeness (QED) is 0.588. The van der Waals surface area contributed by atoms with Gasteiger partial charge in [-0.25, -0.2) is 13.2 Å². The van der Waals surface area contributed by atoms with E-state index in [1.807, 2.05) is 6.92 Å². The van der Waals surface area contributed by atoms with Crippen LogP contribution in [0.2, 0.25) is 0 Å². The predicted molar refractivity (Wildman–Crippen MR) is 57.9 cm³/mol. The van der Waals surface area contributed by atoms with Crippen LogP contribution in [-0.4, -0.2) is 12.6 Å². The Morgan fingerprint density at radius 1 is 1.07 bits per heavy atom. The highest BCUT2D eigenvalue weighted by molar-refractivity contribution is 4.79. The molecule has 0 aliphatic carbocycles. The first-order valence-electron chi connectivity index (χ1n) is 5.78. The van der Waals surface area contributed by atoms with Crippen molar-refractivity contribution in [3.05, 3.63) is 0 Å². The molecule has 0 aliphatic heterocycles. The summed E-state index contributed by atoms with van der Waals surface area (Å²) in [5, 5.41) is 0. The Balaban J connectivity index is 4.27. The van der Waals surface area contributed by atoms with Gasteiger partial charge in [0.1, 0.15) is 0 Å². The molecule has 0 saturated heterocycles. The highest BCUT2D eigenvalue weighted by Gasteiger charge is 2.40. The molecule has 15 heavy (non-hydrogen) atoms. The molecule has 0 aromatic rings. The van der Waals surface area contributed by atoms with Crippen LogP contribution in [0.5, 0.6) is 0 Å². The van der Waals surface area contributed by atoms with E-state index in [1.54, 1.807) is 0 Å². The minimum absolute atomic E-state index is 0.0712. The highest BCUT2D eigenvalue weighted by atomic mass is 19.3. The van der Waals surface area contributed by atoms with Crippen molar-refractivity contribution in [3.63, 3.8) is 0 Å². The van der Waals surface area contributed by atoms with Crippen molar-refractivity contribution in [2.24, 2.45) is 17.8 Å². The van der Waals surface area contributed by atoms with Gasteiger partial charge in [0.25, 0.3) is 5.92 Å². The van der Waals surface area contributed by atoms with Crippen molar-refractivity contribution in [2.75, 3.05) is 6.67 Å². The molecule has 0 radical (unpaired) electrons. The third-order valence-electron chi connectivity index (χ3n) is 3.19. The lowest BCUT2D eigenvalue weighted by Crippen LogP contribution is -2.34. The minimum atomic E-state index is -3.16.